The van der Waals surface area contributed by atoms with Crippen LogP contribution in [0.5, 0.6) is 5.75 Å². The van der Waals surface area contributed by atoms with Crippen molar-refractivity contribution in [3.63, 3.8) is 0 Å². The van der Waals surface area contributed by atoms with Crippen LogP contribution in [-0.4, -0.2) is 42.2 Å². The number of aliphatic hydroxyl groups is 1. The maximum Gasteiger partial charge on any atom is 0.266 e. The lowest BCUT2D eigenvalue weighted by molar-refractivity contribution is -0.129. The van der Waals surface area contributed by atoms with E-state index in [4.69, 9.17) is 19.6 Å². The lowest BCUT2D eigenvalue weighted by Gasteiger charge is -2.29. The third-order valence-corrected chi connectivity index (χ3v) is 6.22. The molecule has 198 valence electrons. The number of halogens is 1. The van der Waals surface area contributed by atoms with Gasteiger partial charge < -0.3 is 14.6 Å². The number of ether oxygens (including phenoxy) is 2. The summed E-state index contributed by atoms with van der Waals surface area (Å²) in [6.07, 6.45) is 2.31. The van der Waals surface area contributed by atoms with Gasteiger partial charge in [0, 0.05) is 31.6 Å². The van der Waals surface area contributed by atoms with Crippen molar-refractivity contribution in [2.45, 2.75) is 30.9 Å². The minimum Gasteiger partial charge on any atom is -0.494 e. The number of amides is 1. The number of hydrogen-bond donors (Lipinski definition) is 3. The third-order valence-electron chi connectivity index (χ3n) is 6.22. The van der Waals surface area contributed by atoms with Crippen LogP contribution in [0.3, 0.4) is 0 Å². The molecule has 0 spiro atoms. The van der Waals surface area contributed by atoms with Crippen molar-refractivity contribution in [3.8, 4) is 5.75 Å². The normalized spacial score (nSPS) is 18.4. The first kappa shape index (κ1) is 27.0. The van der Waals surface area contributed by atoms with E-state index < -0.39 is 11.6 Å². The molecule has 0 fully saturated rings. The van der Waals surface area contributed by atoms with Gasteiger partial charge in [0.25, 0.3) is 5.91 Å². The summed E-state index contributed by atoms with van der Waals surface area (Å²) in [6, 6.07) is 23.1. The summed E-state index contributed by atoms with van der Waals surface area (Å²) >= 11 is 0. The molecule has 0 bridgehead atoms. The van der Waals surface area contributed by atoms with E-state index in [0.29, 0.717) is 43.2 Å². The molecule has 0 radical (unpaired) electrons. The number of benzene rings is 3. The predicted molar refractivity (Wildman–Crippen MR) is 144 cm³/mol. The van der Waals surface area contributed by atoms with Crippen molar-refractivity contribution >= 4 is 11.8 Å². The minimum atomic E-state index is -1.29. The molecule has 0 unspecified atom stereocenters. The summed E-state index contributed by atoms with van der Waals surface area (Å²) in [5, 5.41) is 8.95. The fourth-order valence-electron chi connectivity index (χ4n) is 4.31. The largest absolute Gasteiger partial charge is 0.494 e. The van der Waals surface area contributed by atoms with Crippen molar-refractivity contribution in [1.29, 1.82) is 0 Å². The van der Waals surface area contributed by atoms with Crippen LogP contribution in [-0.2, 0) is 16.0 Å². The van der Waals surface area contributed by atoms with Gasteiger partial charge in [0.2, 0.25) is 5.90 Å². The number of aliphatic imine (C=N–C) groups is 1. The van der Waals surface area contributed by atoms with E-state index in [2.05, 4.69) is 17.4 Å². The molecule has 3 N–H and O–H groups in total. The second-order valence-corrected chi connectivity index (χ2v) is 8.95. The number of carbonyl (C=O) groups is 1. The van der Waals surface area contributed by atoms with E-state index in [0.717, 1.165) is 11.1 Å². The van der Waals surface area contributed by atoms with Crippen LogP contribution < -0.4 is 15.6 Å². The lowest BCUT2D eigenvalue weighted by Crippen LogP contribution is -2.52. The van der Waals surface area contributed by atoms with Crippen molar-refractivity contribution in [3.05, 3.63) is 114 Å². The molecule has 4 rings (SSSR count). The molecule has 2 atom stereocenters. The van der Waals surface area contributed by atoms with E-state index in [1.165, 1.54) is 12.1 Å². The maximum absolute atomic E-state index is 13.7. The second-order valence-electron chi connectivity index (χ2n) is 8.95. The average Bonchev–Trinajstić information content (AvgIpc) is 3.33. The monoisotopic (exact) mass is 517 g/mol. The molecular formula is C30H32FN3O4. The van der Waals surface area contributed by atoms with E-state index in [1.807, 2.05) is 48.5 Å². The fraction of sp³-hybridized carbons (Fsp3) is 0.267. The Morgan fingerprint density at radius 2 is 1.92 bits per heavy atom. The van der Waals surface area contributed by atoms with Crippen LogP contribution in [0.2, 0.25) is 0 Å². The SMILES string of the molecule is C=CC[C@]1(C(=O)NNCCc2cccc(F)c2)N=C(c2ccc(OCCCO)cc2)O[C@H]1c1ccccc1. The van der Waals surface area contributed by atoms with Crippen LogP contribution in [0.25, 0.3) is 0 Å². The van der Waals surface area contributed by atoms with Gasteiger partial charge in [-0.2, -0.15) is 0 Å². The molecule has 0 aromatic heterocycles. The smallest absolute Gasteiger partial charge is 0.266 e. The van der Waals surface area contributed by atoms with Crippen molar-refractivity contribution in [2.24, 2.45) is 4.99 Å². The van der Waals surface area contributed by atoms with E-state index in [-0.39, 0.29) is 24.8 Å². The first-order valence-corrected chi connectivity index (χ1v) is 12.6. The Bertz CT molecular complexity index is 1250. The molecule has 1 heterocycles. The van der Waals surface area contributed by atoms with Gasteiger partial charge in [0.05, 0.1) is 6.61 Å². The first-order chi connectivity index (χ1) is 18.6. The molecule has 7 nitrogen and oxygen atoms in total. The van der Waals surface area contributed by atoms with Gasteiger partial charge >= 0.3 is 0 Å². The number of aliphatic hydroxyl groups excluding tert-OH is 1. The molecule has 3 aromatic rings. The number of carbonyl (C=O) groups excluding carboxylic acids is 1. The standard InChI is InChI=1S/C30H32FN3O4/c1-2-17-30(29(36)34-32-18-16-22-8-6-11-25(31)21-22)27(23-9-4-3-5-10-23)38-28(33-30)24-12-14-26(15-13-24)37-20-7-19-35/h2-6,8-15,21,27,32,35H,1,7,16-20H2,(H,34,36)/t27-,30-/m0/s1. The Balaban J connectivity index is 1.54. The zero-order valence-corrected chi connectivity index (χ0v) is 21.1. The third kappa shape index (κ3) is 6.45. The molecule has 38 heavy (non-hydrogen) atoms. The number of hydrogen-bond acceptors (Lipinski definition) is 6. The Morgan fingerprint density at radius 1 is 1.13 bits per heavy atom. The van der Waals surface area contributed by atoms with Crippen molar-refractivity contribution in [2.75, 3.05) is 19.8 Å². The molecule has 1 aliphatic rings. The molecule has 0 aliphatic carbocycles. The molecule has 0 saturated carbocycles. The average molecular weight is 518 g/mol. The van der Waals surface area contributed by atoms with Gasteiger partial charge in [-0.1, -0.05) is 48.5 Å². The van der Waals surface area contributed by atoms with Crippen LogP contribution in [0.4, 0.5) is 4.39 Å². The summed E-state index contributed by atoms with van der Waals surface area (Å²) in [5.41, 5.74) is 6.79. The molecule has 0 saturated heterocycles. The van der Waals surface area contributed by atoms with Crippen LogP contribution in [0, 0.1) is 5.82 Å². The van der Waals surface area contributed by atoms with E-state index in [1.54, 1.807) is 24.3 Å². The zero-order chi connectivity index (χ0) is 26.8. The first-order valence-electron chi connectivity index (χ1n) is 12.6. The molecule has 3 aromatic carbocycles. The highest BCUT2D eigenvalue weighted by molar-refractivity contribution is 6.01. The number of nitrogens with zero attached hydrogens (tertiary/aromatic N) is 1. The predicted octanol–water partition coefficient (Wildman–Crippen LogP) is 4.28. The van der Waals surface area contributed by atoms with Gasteiger partial charge in [0.15, 0.2) is 11.6 Å². The second kappa shape index (κ2) is 13.0. The number of nitrogens with one attached hydrogen (secondary N) is 2. The zero-order valence-electron chi connectivity index (χ0n) is 21.1. The number of hydrazine groups is 1. The molecule has 1 amide bonds. The molecule has 8 heteroatoms. The van der Waals surface area contributed by atoms with Gasteiger partial charge in [-0.3, -0.25) is 10.2 Å². The fourth-order valence-corrected chi connectivity index (χ4v) is 4.31. The highest BCUT2D eigenvalue weighted by Gasteiger charge is 2.52. The summed E-state index contributed by atoms with van der Waals surface area (Å²) in [6.45, 7) is 4.76. The quantitative estimate of drug-likeness (QED) is 0.179. The topological polar surface area (TPSA) is 92.2 Å². The Hall–Kier alpha value is -4.01. The Kier molecular flexibility index (Phi) is 9.24. The lowest BCUT2D eigenvalue weighted by atomic mass is 9.84. The summed E-state index contributed by atoms with van der Waals surface area (Å²) in [7, 11) is 0. The van der Waals surface area contributed by atoms with Gasteiger partial charge in [-0.25, -0.2) is 14.8 Å². The number of rotatable bonds is 13. The highest BCUT2D eigenvalue weighted by atomic mass is 19.1. The van der Waals surface area contributed by atoms with E-state index in [9.17, 15) is 9.18 Å². The van der Waals surface area contributed by atoms with Gasteiger partial charge in [-0.15, -0.1) is 6.58 Å². The summed E-state index contributed by atoms with van der Waals surface area (Å²) in [4.78, 5) is 18.5. The van der Waals surface area contributed by atoms with Crippen molar-refractivity contribution < 1.29 is 23.8 Å². The maximum atomic E-state index is 13.7. The van der Waals surface area contributed by atoms with Crippen molar-refractivity contribution in [1.82, 2.24) is 10.9 Å². The summed E-state index contributed by atoms with van der Waals surface area (Å²) in [5.74, 6) is 0.358. The van der Waals surface area contributed by atoms with Gasteiger partial charge in [0.1, 0.15) is 11.6 Å². The van der Waals surface area contributed by atoms with Crippen LogP contribution >= 0.6 is 0 Å². The summed E-state index contributed by atoms with van der Waals surface area (Å²) < 4.78 is 25.4. The highest BCUT2D eigenvalue weighted by Crippen LogP contribution is 2.42. The van der Waals surface area contributed by atoms with Crippen LogP contribution in [0.15, 0.2) is 96.5 Å². The molecular weight excluding hydrogens is 485 g/mol. The van der Waals surface area contributed by atoms with Gasteiger partial charge in [-0.05, 0) is 53.9 Å². The Labute approximate surface area is 222 Å². The minimum absolute atomic E-state index is 0.0662. The molecule has 1 aliphatic heterocycles. The van der Waals surface area contributed by atoms with E-state index >= 15 is 0 Å². The Morgan fingerprint density at radius 3 is 2.63 bits per heavy atom. The van der Waals surface area contributed by atoms with Crippen LogP contribution in [0.1, 0.15) is 35.6 Å².